The topological polar surface area (TPSA) is 50.4 Å². The Balaban J connectivity index is 1.73. The molecule has 20 heavy (non-hydrogen) atoms. The Bertz CT molecular complexity index is 416. The van der Waals surface area contributed by atoms with Crippen molar-refractivity contribution in [2.24, 2.45) is 0 Å². The van der Waals surface area contributed by atoms with Crippen LogP contribution in [0.15, 0.2) is 24.3 Å². The maximum absolute atomic E-state index is 11.9. The number of hydrogen-bond acceptors (Lipinski definition) is 4. The summed E-state index contributed by atoms with van der Waals surface area (Å²) in [6, 6.07) is 7.92. The zero-order valence-electron chi connectivity index (χ0n) is 11.9. The maximum atomic E-state index is 11.9. The first kappa shape index (κ1) is 15.2. The van der Waals surface area contributed by atoms with E-state index in [2.05, 4.69) is 10.6 Å². The van der Waals surface area contributed by atoms with Crippen LogP contribution in [-0.2, 0) is 4.79 Å². The minimum absolute atomic E-state index is 0.00438. The molecule has 1 aromatic rings. The summed E-state index contributed by atoms with van der Waals surface area (Å²) in [5.41, 5.74) is 0.804. The molecule has 5 heteroatoms. The van der Waals surface area contributed by atoms with Gasteiger partial charge < -0.3 is 15.4 Å². The molecule has 0 spiro atoms. The van der Waals surface area contributed by atoms with E-state index in [-0.39, 0.29) is 5.91 Å². The van der Waals surface area contributed by atoms with Gasteiger partial charge in [0.25, 0.3) is 0 Å². The fourth-order valence-corrected chi connectivity index (χ4v) is 3.25. The van der Waals surface area contributed by atoms with Gasteiger partial charge in [-0.15, -0.1) is 0 Å². The molecule has 0 saturated carbocycles. The van der Waals surface area contributed by atoms with Gasteiger partial charge in [0.1, 0.15) is 5.75 Å². The van der Waals surface area contributed by atoms with Gasteiger partial charge in [0, 0.05) is 17.5 Å². The molecule has 1 amide bonds. The van der Waals surface area contributed by atoms with Gasteiger partial charge in [0.05, 0.1) is 13.2 Å². The number of anilines is 1. The van der Waals surface area contributed by atoms with E-state index in [1.54, 1.807) is 0 Å². The highest BCUT2D eigenvalue weighted by Gasteiger charge is 2.14. The first-order valence-electron chi connectivity index (χ1n) is 7.12. The summed E-state index contributed by atoms with van der Waals surface area (Å²) in [7, 11) is 0. The second-order valence-corrected chi connectivity index (χ2v) is 5.95. The van der Waals surface area contributed by atoms with E-state index in [1.165, 1.54) is 18.6 Å². The highest BCUT2D eigenvalue weighted by Crippen LogP contribution is 2.17. The second kappa shape index (κ2) is 8.17. The van der Waals surface area contributed by atoms with E-state index in [9.17, 15) is 4.79 Å². The number of amides is 1. The molecule has 0 aliphatic carbocycles. The Morgan fingerprint density at radius 1 is 1.40 bits per heavy atom. The number of carbonyl (C=O) groups is 1. The molecule has 1 aliphatic heterocycles. The van der Waals surface area contributed by atoms with E-state index in [4.69, 9.17) is 4.74 Å². The largest absolute Gasteiger partial charge is 0.494 e. The summed E-state index contributed by atoms with van der Waals surface area (Å²) < 4.78 is 5.37. The lowest BCUT2D eigenvalue weighted by Gasteiger charge is -2.22. The van der Waals surface area contributed by atoms with Crippen LogP contribution in [0.5, 0.6) is 5.75 Å². The highest BCUT2D eigenvalue weighted by atomic mass is 32.2. The number of carbonyl (C=O) groups excluding carboxylic acids is 1. The van der Waals surface area contributed by atoms with Crippen LogP contribution in [0.1, 0.15) is 19.8 Å². The Labute approximate surface area is 124 Å². The predicted octanol–water partition coefficient (Wildman–Crippen LogP) is 2.51. The molecule has 0 aromatic heterocycles. The quantitative estimate of drug-likeness (QED) is 0.846. The monoisotopic (exact) mass is 294 g/mol. The minimum Gasteiger partial charge on any atom is -0.494 e. The van der Waals surface area contributed by atoms with E-state index >= 15 is 0 Å². The zero-order valence-corrected chi connectivity index (χ0v) is 12.7. The van der Waals surface area contributed by atoms with Crippen molar-refractivity contribution in [3.63, 3.8) is 0 Å². The summed E-state index contributed by atoms with van der Waals surface area (Å²) in [4.78, 5) is 11.9. The molecular weight excluding hydrogens is 272 g/mol. The van der Waals surface area contributed by atoms with Crippen molar-refractivity contribution < 1.29 is 9.53 Å². The van der Waals surface area contributed by atoms with Crippen molar-refractivity contribution >= 4 is 23.4 Å². The van der Waals surface area contributed by atoms with Crippen molar-refractivity contribution in [3.8, 4) is 5.75 Å². The summed E-state index contributed by atoms with van der Waals surface area (Å²) in [6.07, 6.45) is 2.41. The summed E-state index contributed by atoms with van der Waals surface area (Å²) in [6.45, 7) is 2.97. The fraction of sp³-hybridized carbons (Fsp3) is 0.533. The first-order chi connectivity index (χ1) is 9.78. The Kier molecular flexibility index (Phi) is 6.21. The molecular formula is C15H22N2O2S. The molecule has 0 unspecified atom stereocenters. The number of thioether (sulfide) groups is 1. The standard InChI is InChI=1S/C15H22N2O2S/c1-2-19-14-7-5-12(6-8-14)17-15(18)10-16-13-4-3-9-20-11-13/h5-8,13,16H,2-4,9-11H2,1H3,(H,17,18)/t13-/m0/s1. The summed E-state index contributed by atoms with van der Waals surface area (Å²) >= 11 is 1.96. The van der Waals surface area contributed by atoms with Crippen LogP contribution >= 0.6 is 11.8 Å². The third kappa shape index (κ3) is 5.06. The van der Waals surface area contributed by atoms with Crippen LogP contribution in [0.2, 0.25) is 0 Å². The number of benzene rings is 1. The predicted molar refractivity (Wildman–Crippen MR) is 84.6 cm³/mol. The molecule has 2 N–H and O–H groups in total. The van der Waals surface area contributed by atoms with Crippen LogP contribution in [0.25, 0.3) is 0 Å². The van der Waals surface area contributed by atoms with Crippen molar-refractivity contribution in [1.82, 2.24) is 5.32 Å². The lowest BCUT2D eigenvalue weighted by molar-refractivity contribution is -0.115. The van der Waals surface area contributed by atoms with E-state index in [0.717, 1.165) is 17.2 Å². The number of rotatable bonds is 6. The molecule has 2 rings (SSSR count). The van der Waals surface area contributed by atoms with Crippen LogP contribution in [0.3, 0.4) is 0 Å². The van der Waals surface area contributed by atoms with Crippen molar-refractivity contribution in [1.29, 1.82) is 0 Å². The average molecular weight is 294 g/mol. The third-order valence-electron chi connectivity index (χ3n) is 3.16. The van der Waals surface area contributed by atoms with Gasteiger partial charge in [0.15, 0.2) is 0 Å². The first-order valence-corrected chi connectivity index (χ1v) is 8.27. The molecule has 0 radical (unpaired) electrons. The van der Waals surface area contributed by atoms with Gasteiger partial charge in [-0.1, -0.05) is 0 Å². The minimum atomic E-state index is 0.00438. The van der Waals surface area contributed by atoms with Gasteiger partial charge >= 0.3 is 0 Å². The molecule has 1 aromatic carbocycles. The van der Waals surface area contributed by atoms with E-state index < -0.39 is 0 Å². The highest BCUT2D eigenvalue weighted by molar-refractivity contribution is 7.99. The average Bonchev–Trinajstić information content (AvgIpc) is 2.49. The lowest BCUT2D eigenvalue weighted by Crippen LogP contribution is -2.39. The van der Waals surface area contributed by atoms with Gasteiger partial charge in [-0.3, -0.25) is 4.79 Å². The third-order valence-corrected chi connectivity index (χ3v) is 4.38. The number of hydrogen-bond donors (Lipinski definition) is 2. The number of ether oxygens (including phenoxy) is 1. The van der Waals surface area contributed by atoms with Crippen molar-refractivity contribution in [2.75, 3.05) is 30.0 Å². The van der Waals surface area contributed by atoms with Crippen LogP contribution in [-0.4, -0.2) is 36.6 Å². The molecule has 1 saturated heterocycles. The maximum Gasteiger partial charge on any atom is 0.238 e. The fourth-order valence-electron chi connectivity index (χ4n) is 2.15. The summed E-state index contributed by atoms with van der Waals surface area (Å²) in [5.74, 6) is 3.18. The SMILES string of the molecule is CCOc1ccc(NC(=O)CN[C@H]2CCCSC2)cc1. The molecule has 1 atom stereocenters. The smallest absolute Gasteiger partial charge is 0.238 e. The van der Waals surface area contributed by atoms with Crippen LogP contribution < -0.4 is 15.4 Å². The van der Waals surface area contributed by atoms with Gasteiger partial charge in [-0.2, -0.15) is 11.8 Å². The molecule has 1 heterocycles. The lowest BCUT2D eigenvalue weighted by atomic mass is 10.2. The van der Waals surface area contributed by atoms with Crippen molar-refractivity contribution in [2.45, 2.75) is 25.8 Å². The van der Waals surface area contributed by atoms with Crippen LogP contribution in [0.4, 0.5) is 5.69 Å². The molecule has 110 valence electrons. The zero-order chi connectivity index (χ0) is 14.2. The Morgan fingerprint density at radius 3 is 2.85 bits per heavy atom. The molecule has 4 nitrogen and oxygen atoms in total. The molecule has 1 fully saturated rings. The molecule has 0 bridgehead atoms. The summed E-state index contributed by atoms with van der Waals surface area (Å²) in [5, 5.41) is 6.20. The van der Waals surface area contributed by atoms with Gasteiger partial charge in [0.2, 0.25) is 5.91 Å². The van der Waals surface area contributed by atoms with Crippen molar-refractivity contribution in [3.05, 3.63) is 24.3 Å². The normalized spacial score (nSPS) is 18.6. The van der Waals surface area contributed by atoms with E-state index in [1.807, 2.05) is 43.0 Å². The number of nitrogens with one attached hydrogen (secondary N) is 2. The van der Waals surface area contributed by atoms with Gasteiger partial charge in [-0.25, -0.2) is 0 Å². The van der Waals surface area contributed by atoms with Crippen LogP contribution in [0, 0.1) is 0 Å². The van der Waals surface area contributed by atoms with Gasteiger partial charge in [-0.05, 0) is 49.8 Å². The Morgan fingerprint density at radius 2 is 2.20 bits per heavy atom. The Hall–Kier alpha value is -1.20. The molecule has 1 aliphatic rings. The van der Waals surface area contributed by atoms with E-state index in [0.29, 0.717) is 19.2 Å². The second-order valence-electron chi connectivity index (χ2n) is 4.80.